The lowest BCUT2D eigenvalue weighted by Crippen LogP contribution is -2.45. The molecule has 2 saturated heterocycles. The van der Waals surface area contributed by atoms with Crippen LogP contribution in [0.4, 0.5) is 0 Å². The molecular formula is C39H45N3O4. The van der Waals surface area contributed by atoms with E-state index >= 15 is 0 Å². The highest BCUT2D eigenvalue weighted by molar-refractivity contribution is 5.93. The minimum absolute atomic E-state index is 0.0103. The number of likely N-dealkylation sites (tertiary alicyclic amines) is 1. The molecule has 2 aliphatic heterocycles. The zero-order chi connectivity index (χ0) is 31.7. The Balaban J connectivity index is 1.22. The van der Waals surface area contributed by atoms with Gasteiger partial charge in [-0.05, 0) is 78.0 Å². The van der Waals surface area contributed by atoms with E-state index in [9.17, 15) is 9.90 Å². The van der Waals surface area contributed by atoms with Crippen LogP contribution in [0.25, 0.3) is 11.1 Å². The summed E-state index contributed by atoms with van der Waals surface area (Å²) in [5.74, 6) is 0.00979. The lowest BCUT2D eigenvalue weighted by atomic mass is 9.89. The first-order valence-electron chi connectivity index (χ1n) is 16.7. The smallest absolute Gasteiger partial charge is 0.253 e. The Morgan fingerprint density at radius 2 is 1.59 bits per heavy atom. The second kappa shape index (κ2) is 15.6. The Labute approximate surface area is 272 Å². The topological polar surface area (TPSA) is 83.9 Å². The molecule has 2 N–H and O–H groups in total. The van der Waals surface area contributed by atoms with Crippen LogP contribution >= 0.6 is 0 Å². The summed E-state index contributed by atoms with van der Waals surface area (Å²) >= 11 is 0. The van der Waals surface area contributed by atoms with E-state index in [0.717, 1.165) is 53.0 Å². The number of pyridine rings is 1. The molecule has 0 radical (unpaired) electrons. The van der Waals surface area contributed by atoms with Gasteiger partial charge in [0, 0.05) is 37.0 Å². The van der Waals surface area contributed by atoms with Crippen LogP contribution < -0.4 is 5.32 Å². The number of carbonyl (C=O) groups is 1. The summed E-state index contributed by atoms with van der Waals surface area (Å²) in [5.41, 5.74) is 6.66. The van der Waals surface area contributed by atoms with E-state index in [1.165, 1.54) is 32.1 Å². The molecule has 7 nitrogen and oxygen atoms in total. The van der Waals surface area contributed by atoms with Gasteiger partial charge in [-0.2, -0.15) is 0 Å². The molecule has 0 spiro atoms. The fraction of sp³-hybridized carbons (Fsp3) is 0.385. The SMILES string of the molecule is C[C@@H]1[C@H](CN2CCCCCCC2)O[C@H](c2cccc(-c3cccc(CNC(=O)c4cccnc4)c3)c2)O[C@@H]1c1ccc(CO)cc1. The molecule has 2 fully saturated rings. The van der Waals surface area contributed by atoms with Gasteiger partial charge in [0.2, 0.25) is 0 Å². The van der Waals surface area contributed by atoms with Gasteiger partial charge in [-0.1, -0.05) is 86.8 Å². The lowest BCUT2D eigenvalue weighted by molar-refractivity contribution is -0.276. The quantitative estimate of drug-likeness (QED) is 0.206. The molecule has 0 unspecified atom stereocenters. The summed E-state index contributed by atoms with van der Waals surface area (Å²) in [4.78, 5) is 19.2. The largest absolute Gasteiger partial charge is 0.392 e. The van der Waals surface area contributed by atoms with E-state index < -0.39 is 6.29 Å². The minimum atomic E-state index is -0.514. The predicted octanol–water partition coefficient (Wildman–Crippen LogP) is 7.23. The Morgan fingerprint density at radius 3 is 2.33 bits per heavy atom. The number of rotatable bonds is 9. The van der Waals surface area contributed by atoms with E-state index in [-0.39, 0.29) is 30.6 Å². The van der Waals surface area contributed by atoms with Gasteiger partial charge >= 0.3 is 0 Å². The van der Waals surface area contributed by atoms with Crippen molar-refractivity contribution in [3.63, 3.8) is 0 Å². The number of amides is 1. The van der Waals surface area contributed by atoms with Crippen LogP contribution in [0.5, 0.6) is 0 Å². The molecule has 4 aromatic rings. The number of aliphatic hydroxyl groups excluding tert-OH is 1. The van der Waals surface area contributed by atoms with E-state index in [4.69, 9.17) is 9.47 Å². The molecule has 0 aliphatic carbocycles. The first-order valence-corrected chi connectivity index (χ1v) is 16.7. The molecule has 1 aromatic heterocycles. The van der Waals surface area contributed by atoms with Crippen molar-refractivity contribution in [2.45, 2.75) is 70.7 Å². The van der Waals surface area contributed by atoms with Crippen molar-refractivity contribution in [2.24, 2.45) is 5.92 Å². The van der Waals surface area contributed by atoms with Gasteiger partial charge in [0.05, 0.1) is 24.4 Å². The molecule has 4 atom stereocenters. The number of aliphatic hydroxyl groups is 1. The maximum Gasteiger partial charge on any atom is 0.253 e. The molecular weight excluding hydrogens is 574 g/mol. The second-order valence-electron chi connectivity index (χ2n) is 12.6. The van der Waals surface area contributed by atoms with Crippen LogP contribution in [-0.2, 0) is 22.6 Å². The van der Waals surface area contributed by atoms with Crippen molar-refractivity contribution in [2.75, 3.05) is 19.6 Å². The number of aromatic nitrogens is 1. The molecule has 3 heterocycles. The Kier molecular flexibility index (Phi) is 10.9. The number of nitrogens with one attached hydrogen (secondary N) is 1. The highest BCUT2D eigenvalue weighted by atomic mass is 16.7. The van der Waals surface area contributed by atoms with Gasteiger partial charge in [-0.15, -0.1) is 0 Å². The molecule has 240 valence electrons. The zero-order valence-electron chi connectivity index (χ0n) is 26.7. The molecule has 0 bridgehead atoms. The van der Waals surface area contributed by atoms with E-state index in [1.54, 1.807) is 24.5 Å². The van der Waals surface area contributed by atoms with Crippen molar-refractivity contribution < 1.29 is 19.4 Å². The molecule has 3 aromatic carbocycles. The van der Waals surface area contributed by atoms with Crippen LogP contribution in [0.2, 0.25) is 0 Å². The fourth-order valence-corrected chi connectivity index (χ4v) is 6.59. The summed E-state index contributed by atoms with van der Waals surface area (Å²) in [6.45, 7) is 5.80. The summed E-state index contributed by atoms with van der Waals surface area (Å²) < 4.78 is 13.6. The standard InChI is InChI=1S/C39H45N3O4/c1-28-36(26-42-20-5-3-2-4-6-21-42)45-39(46-37(28)31-17-15-29(27-43)16-18-31)34-13-8-12-33(23-34)32-11-7-10-30(22-32)24-41-38(44)35-14-9-19-40-25-35/h7-19,22-23,25,28,36-37,39,43H,2-6,20-21,24,26-27H2,1H3,(H,41,44)/t28-,36+,37+,39+/m1/s1. The summed E-state index contributed by atoms with van der Waals surface area (Å²) in [5, 5.41) is 12.6. The predicted molar refractivity (Wildman–Crippen MR) is 180 cm³/mol. The number of hydrogen-bond donors (Lipinski definition) is 2. The molecule has 1 amide bonds. The number of nitrogens with zero attached hydrogens (tertiary/aromatic N) is 2. The Hall–Kier alpha value is -3.88. The highest BCUT2D eigenvalue weighted by Crippen LogP contribution is 2.42. The fourth-order valence-electron chi connectivity index (χ4n) is 6.59. The van der Waals surface area contributed by atoms with E-state index in [0.29, 0.717) is 12.1 Å². The summed E-state index contributed by atoms with van der Waals surface area (Å²) in [6, 6.07) is 28.3. The van der Waals surface area contributed by atoms with Gasteiger partial charge < -0.3 is 24.8 Å². The van der Waals surface area contributed by atoms with Crippen LogP contribution in [0.3, 0.4) is 0 Å². The third-order valence-electron chi connectivity index (χ3n) is 9.31. The van der Waals surface area contributed by atoms with Crippen molar-refractivity contribution in [1.29, 1.82) is 0 Å². The van der Waals surface area contributed by atoms with Crippen LogP contribution in [-0.4, -0.2) is 46.6 Å². The maximum atomic E-state index is 12.6. The van der Waals surface area contributed by atoms with Crippen molar-refractivity contribution in [3.8, 4) is 11.1 Å². The summed E-state index contributed by atoms with van der Waals surface area (Å²) in [6.07, 6.45) is 9.00. The second-order valence-corrected chi connectivity index (χ2v) is 12.6. The third kappa shape index (κ3) is 8.09. The van der Waals surface area contributed by atoms with Crippen molar-refractivity contribution in [3.05, 3.63) is 125 Å². The first-order chi connectivity index (χ1) is 22.6. The molecule has 7 heteroatoms. The number of carbonyl (C=O) groups excluding carboxylic acids is 1. The molecule has 46 heavy (non-hydrogen) atoms. The van der Waals surface area contributed by atoms with Crippen LogP contribution in [0, 0.1) is 5.92 Å². The zero-order valence-corrected chi connectivity index (χ0v) is 26.7. The third-order valence-corrected chi connectivity index (χ3v) is 9.31. The normalized spacial score (nSPS) is 22.5. The molecule has 6 rings (SSSR count). The molecule has 2 aliphatic rings. The number of ether oxygens (including phenoxy) is 2. The van der Waals surface area contributed by atoms with Gasteiger partial charge in [-0.3, -0.25) is 9.78 Å². The first kappa shape index (κ1) is 32.1. The van der Waals surface area contributed by atoms with Gasteiger partial charge in [0.25, 0.3) is 5.91 Å². The van der Waals surface area contributed by atoms with Gasteiger partial charge in [0.1, 0.15) is 0 Å². The van der Waals surface area contributed by atoms with Crippen molar-refractivity contribution >= 4 is 5.91 Å². The highest BCUT2D eigenvalue weighted by Gasteiger charge is 2.39. The average Bonchev–Trinajstić information content (AvgIpc) is 3.09. The average molecular weight is 620 g/mol. The van der Waals surface area contributed by atoms with Crippen molar-refractivity contribution in [1.82, 2.24) is 15.2 Å². The minimum Gasteiger partial charge on any atom is -0.392 e. The van der Waals surface area contributed by atoms with Gasteiger partial charge in [-0.25, -0.2) is 0 Å². The Morgan fingerprint density at radius 1 is 0.848 bits per heavy atom. The van der Waals surface area contributed by atoms with Crippen LogP contribution in [0.15, 0.2) is 97.3 Å². The van der Waals surface area contributed by atoms with Gasteiger partial charge in [0.15, 0.2) is 6.29 Å². The lowest BCUT2D eigenvalue weighted by Gasteiger charge is -2.43. The van der Waals surface area contributed by atoms with E-state index in [2.05, 4.69) is 70.7 Å². The summed E-state index contributed by atoms with van der Waals surface area (Å²) in [7, 11) is 0. The number of hydrogen-bond acceptors (Lipinski definition) is 6. The van der Waals surface area contributed by atoms with Crippen LogP contribution in [0.1, 0.15) is 84.0 Å². The Bertz CT molecular complexity index is 1550. The maximum absolute atomic E-state index is 12.6. The number of benzene rings is 3. The monoisotopic (exact) mass is 619 g/mol. The van der Waals surface area contributed by atoms with E-state index in [1.807, 2.05) is 24.3 Å². The molecule has 0 saturated carbocycles.